The number of nitrogens with one attached hydrogen (secondary N) is 1. The minimum absolute atomic E-state index is 0.0198. The number of aliphatic hydroxyl groups is 1. The Bertz CT molecular complexity index is 365. The largest absolute Gasteiger partial charge is 0.489 e. The molecular formula is C12H17NO4. The van der Waals surface area contributed by atoms with E-state index in [9.17, 15) is 4.79 Å². The van der Waals surface area contributed by atoms with Crippen LogP contribution >= 0.6 is 0 Å². The van der Waals surface area contributed by atoms with E-state index in [-0.39, 0.29) is 19.3 Å². The minimum atomic E-state index is -0.612. The van der Waals surface area contributed by atoms with Gasteiger partial charge in [0.15, 0.2) is 0 Å². The van der Waals surface area contributed by atoms with E-state index in [1.54, 1.807) is 18.2 Å². The number of anilines is 1. The van der Waals surface area contributed by atoms with E-state index in [2.05, 4.69) is 5.32 Å². The van der Waals surface area contributed by atoms with E-state index in [0.717, 1.165) is 0 Å². The molecule has 0 fully saturated rings. The van der Waals surface area contributed by atoms with Gasteiger partial charge in [-0.15, -0.1) is 0 Å². The van der Waals surface area contributed by atoms with Gasteiger partial charge in [0.1, 0.15) is 12.4 Å². The molecule has 0 spiro atoms. The Kier molecular flexibility index (Phi) is 5.29. The van der Waals surface area contributed by atoms with Crippen molar-refractivity contribution in [2.24, 2.45) is 0 Å². The Morgan fingerprint density at radius 2 is 2.12 bits per heavy atom. The normalized spacial score (nSPS) is 10.1. The van der Waals surface area contributed by atoms with Crippen molar-refractivity contribution in [3.8, 4) is 5.75 Å². The van der Waals surface area contributed by atoms with Gasteiger partial charge in [0.2, 0.25) is 0 Å². The number of aliphatic hydroxyl groups excluding tert-OH is 1. The number of rotatable bonds is 5. The SMILES string of the molecule is CC(C)Oc1ccccc1NC(=O)OCCO. The Morgan fingerprint density at radius 3 is 2.76 bits per heavy atom. The predicted octanol–water partition coefficient (Wildman–Crippen LogP) is 2.01. The first kappa shape index (κ1) is 13.3. The van der Waals surface area contributed by atoms with Crippen LogP contribution in [-0.4, -0.2) is 30.5 Å². The zero-order chi connectivity index (χ0) is 12.7. The molecule has 0 aliphatic carbocycles. The first-order valence-electron chi connectivity index (χ1n) is 5.44. The molecule has 17 heavy (non-hydrogen) atoms. The lowest BCUT2D eigenvalue weighted by molar-refractivity contribution is 0.131. The van der Waals surface area contributed by atoms with Crippen LogP contribution in [0.1, 0.15) is 13.8 Å². The average Bonchev–Trinajstić information content (AvgIpc) is 2.28. The Morgan fingerprint density at radius 1 is 1.41 bits per heavy atom. The first-order chi connectivity index (χ1) is 8.13. The summed E-state index contributed by atoms with van der Waals surface area (Å²) >= 11 is 0. The van der Waals surface area contributed by atoms with Crippen molar-refractivity contribution in [1.29, 1.82) is 0 Å². The van der Waals surface area contributed by atoms with Crippen molar-refractivity contribution < 1.29 is 19.4 Å². The van der Waals surface area contributed by atoms with Crippen molar-refractivity contribution >= 4 is 11.8 Å². The van der Waals surface area contributed by atoms with E-state index >= 15 is 0 Å². The van der Waals surface area contributed by atoms with Crippen molar-refractivity contribution in [3.05, 3.63) is 24.3 Å². The first-order valence-corrected chi connectivity index (χ1v) is 5.44. The number of hydrogen-bond acceptors (Lipinski definition) is 4. The number of carbonyl (C=O) groups excluding carboxylic acids is 1. The molecule has 0 bridgehead atoms. The molecule has 0 atom stereocenters. The maximum absolute atomic E-state index is 11.3. The number of amides is 1. The number of ether oxygens (including phenoxy) is 2. The summed E-state index contributed by atoms with van der Waals surface area (Å²) in [6.45, 7) is 3.58. The van der Waals surface area contributed by atoms with Crippen LogP contribution in [0.5, 0.6) is 5.75 Å². The molecule has 1 amide bonds. The summed E-state index contributed by atoms with van der Waals surface area (Å²) in [5, 5.41) is 11.1. The summed E-state index contributed by atoms with van der Waals surface area (Å²) in [7, 11) is 0. The van der Waals surface area contributed by atoms with Crippen LogP contribution in [0.2, 0.25) is 0 Å². The lowest BCUT2D eigenvalue weighted by Gasteiger charge is -2.14. The van der Waals surface area contributed by atoms with Crippen LogP contribution in [0, 0.1) is 0 Å². The zero-order valence-corrected chi connectivity index (χ0v) is 9.97. The molecule has 0 saturated carbocycles. The molecular weight excluding hydrogens is 222 g/mol. The topological polar surface area (TPSA) is 67.8 Å². The number of carbonyl (C=O) groups is 1. The highest BCUT2D eigenvalue weighted by Gasteiger charge is 2.08. The molecule has 0 unspecified atom stereocenters. The van der Waals surface area contributed by atoms with E-state index in [4.69, 9.17) is 14.6 Å². The summed E-state index contributed by atoms with van der Waals surface area (Å²) in [6, 6.07) is 7.09. The van der Waals surface area contributed by atoms with Crippen molar-refractivity contribution in [2.45, 2.75) is 20.0 Å². The van der Waals surface area contributed by atoms with Crippen LogP contribution in [0.15, 0.2) is 24.3 Å². The maximum Gasteiger partial charge on any atom is 0.411 e. The molecule has 2 N–H and O–H groups in total. The molecule has 1 aromatic carbocycles. The van der Waals surface area contributed by atoms with Crippen LogP contribution in [0.4, 0.5) is 10.5 Å². The summed E-state index contributed by atoms with van der Waals surface area (Å²) in [5.41, 5.74) is 0.545. The van der Waals surface area contributed by atoms with Gasteiger partial charge in [-0.1, -0.05) is 12.1 Å². The molecule has 1 rings (SSSR count). The third-order valence-electron chi connectivity index (χ3n) is 1.81. The molecule has 5 nitrogen and oxygen atoms in total. The molecule has 94 valence electrons. The second-order valence-electron chi connectivity index (χ2n) is 3.65. The van der Waals surface area contributed by atoms with Gasteiger partial charge in [-0.25, -0.2) is 4.79 Å². The lowest BCUT2D eigenvalue weighted by atomic mass is 10.3. The second kappa shape index (κ2) is 6.75. The van der Waals surface area contributed by atoms with Crippen molar-refractivity contribution in [3.63, 3.8) is 0 Å². The van der Waals surface area contributed by atoms with Gasteiger partial charge >= 0.3 is 6.09 Å². The smallest absolute Gasteiger partial charge is 0.411 e. The maximum atomic E-state index is 11.3. The monoisotopic (exact) mass is 239 g/mol. The molecule has 0 aliphatic heterocycles. The number of para-hydroxylation sites is 2. The lowest BCUT2D eigenvalue weighted by Crippen LogP contribution is -2.17. The molecule has 1 aromatic rings. The number of benzene rings is 1. The van der Waals surface area contributed by atoms with E-state index < -0.39 is 6.09 Å². The Balaban J connectivity index is 2.66. The standard InChI is InChI=1S/C12H17NO4/c1-9(2)17-11-6-4-3-5-10(11)13-12(15)16-8-7-14/h3-6,9,14H,7-8H2,1-2H3,(H,13,15). The summed E-state index contributed by atoms with van der Waals surface area (Å²) in [4.78, 5) is 11.3. The predicted molar refractivity (Wildman–Crippen MR) is 64.3 cm³/mol. The summed E-state index contributed by atoms with van der Waals surface area (Å²) < 4.78 is 10.2. The fraction of sp³-hybridized carbons (Fsp3) is 0.417. The molecule has 0 heterocycles. The van der Waals surface area contributed by atoms with E-state index in [1.165, 1.54) is 0 Å². The highest BCUT2D eigenvalue weighted by molar-refractivity contribution is 5.86. The highest BCUT2D eigenvalue weighted by atomic mass is 16.6. The Hall–Kier alpha value is -1.75. The van der Waals surface area contributed by atoms with E-state index in [1.807, 2.05) is 19.9 Å². The van der Waals surface area contributed by atoms with Gasteiger partial charge < -0.3 is 14.6 Å². The van der Waals surface area contributed by atoms with Gasteiger partial charge in [0.25, 0.3) is 0 Å². The fourth-order valence-electron chi connectivity index (χ4n) is 1.21. The fourth-order valence-corrected chi connectivity index (χ4v) is 1.21. The quantitative estimate of drug-likeness (QED) is 0.824. The van der Waals surface area contributed by atoms with Gasteiger partial charge in [0, 0.05) is 0 Å². The molecule has 0 radical (unpaired) electrons. The van der Waals surface area contributed by atoms with Gasteiger partial charge in [-0.3, -0.25) is 5.32 Å². The van der Waals surface area contributed by atoms with Gasteiger partial charge in [-0.05, 0) is 26.0 Å². The van der Waals surface area contributed by atoms with Crippen molar-refractivity contribution in [1.82, 2.24) is 0 Å². The molecule has 0 saturated heterocycles. The van der Waals surface area contributed by atoms with Crippen molar-refractivity contribution in [2.75, 3.05) is 18.5 Å². The average molecular weight is 239 g/mol. The van der Waals surface area contributed by atoms with Crippen LogP contribution in [0.3, 0.4) is 0 Å². The van der Waals surface area contributed by atoms with E-state index in [0.29, 0.717) is 11.4 Å². The highest BCUT2D eigenvalue weighted by Crippen LogP contribution is 2.24. The third kappa shape index (κ3) is 4.74. The van der Waals surface area contributed by atoms with Crippen LogP contribution in [-0.2, 0) is 4.74 Å². The molecule has 0 aliphatic rings. The zero-order valence-electron chi connectivity index (χ0n) is 9.97. The summed E-state index contributed by atoms with van der Waals surface area (Å²) in [6.07, 6.45) is -0.592. The number of hydrogen-bond donors (Lipinski definition) is 2. The minimum Gasteiger partial charge on any atom is -0.489 e. The Labute approximate surface area is 100 Å². The molecule has 0 aromatic heterocycles. The van der Waals surface area contributed by atoms with Crippen LogP contribution < -0.4 is 10.1 Å². The van der Waals surface area contributed by atoms with Gasteiger partial charge in [0.05, 0.1) is 18.4 Å². The molecule has 5 heteroatoms. The van der Waals surface area contributed by atoms with Gasteiger partial charge in [-0.2, -0.15) is 0 Å². The van der Waals surface area contributed by atoms with Crippen LogP contribution in [0.25, 0.3) is 0 Å². The third-order valence-corrected chi connectivity index (χ3v) is 1.81. The summed E-state index contributed by atoms with van der Waals surface area (Å²) in [5.74, 6) is 0.587. The second-order valence-corrected chi connectivity index (χ2v) is 3.65.